The summed E-state index contributed by atoms with van der Waals surface area (Å²) in [6, 6.07) is 20.2. The van der Waals surface area contributed by atoms with Crippen molar-refractivity contribution in [3.8, 4) is 5.75 Å². The molecule has 82 heavy (non-hydrogen) atoms. The monoisotopic (exact) mass is 1260 g/mol. The van der Waals surface area contributed by atoms with Crippen molar-refractivity contribution in [3.05, 3.63) is 131 Å². The van der Waals surface area contributed by atoms with E-state index in [4.69, 9.17) is 84.1 Å². The fourth-order valence-electron chi connectivity index (χ4n) is 9.22. The van der Waals surface area contributed by atoms with E-state index in [1.165, 1.54) is 26.5 Å². The van der Waals surface area contributed by atoms with E-state index in [0.29, 0.717) is 77.9 Å². The smallest absolute Gasteiger partial charge is 0.436 e. The van der Waals surface area contributed by atoms with Gasteiger partial charge in [-0.3, -0.25) is 23.7 Å². The number of nitrogens with one attached hydrogen (secondary N) is 1. The SMILES string of the molecule is COc1cc(C2(C(=O)O)CCN(C(=O)OC(C)(C)C)CC2)ccc1Cl.Cc1c(Cl)c(C(F)(F)F)nn1CC(=O)N1CCC(N)(c2ccc(Cl)cc2)CC1.Cc1c(Cl)c(C(F)(F)F)nn1CC(=O)O.NC1(c2ccc(Cl)cc2)CCNCC1. The number of nitrogens with zero attached hydrogens (tertiary/aromatic N) is 6. The number of aromatic nitrogens is 4. The molecule has 0 bridgehead atoms. The number of amides is 2. The van der Waals surface area contributed by atoms with Gasteiger partial charge in [0.1, 0.15) is 24.4 Å². The number of piperidine rings is 3. The van der Waals surface area contributed by atoms with Crippen LogP contribution in [0.4, 0.5) is 31.1 Å². The van der Waals surface area contributed by atoms with E-state index in [1.54, 1.807) is 60.9 Å². The van der Waals surface area contributed by atoms with Crippen LogP contribution in [0.1, 0.15) is 98.8 Å². The molecule has 7 N–H and O–H groups in total. The normalized spacial score (nSPS) is 16.7. The lowest BCUT2D eigenvalue weighted by molar-refractivity contribution is -0.146. The van der Waals surface area contributed by atoms with Crippen molar-refractivity contribution >= 4 is 81.9 Å². The lowest BCUT2D eigenvalue weighted by Crippen LogP contribution is -2.50. The van der Waals surface area contributed by atoms with Crippen molar-refractivity contribution in [1.29, 1.82) is 0 Å². The molecule has 2 amide bonds. The average molecular weight is 1260 g/mol. The Hall–Kier alpha value is -5.53. The summed E-state index contributed by atoms with van der Waals surface area (Å²) in [5.41, 5.74) is 10.9. The molecule has 2 aromatic heterocycles. The van der Waals surface area contributed by atoms with Crippen LogP contribution in [0.25, 0.3) is 0 Å². The number of methoxy groups -OCH3 is 1. The molecule has 0 aliphatic carbocycles. The minimum Gasteiger partial charge on any atom is -0.495 e. The average Bonchev–Trinajstić information content (AvgIpc) is 3.99. The van der Waals surface area contributed by atoms with Crippen LogP contribution in [0.5, 0.6) is 5.75 Å². The minimum absolute atomic E-state index is 0.0219. The zero-order valence-electron chi connectivity index (χ0n) is 45.6. The van der Waals surface area contributed by atoms with Crippen LogP contribution in [0.15, 0.2) is 66.7 Å². The maximum absolute atomic E-state index is 12.9. The molecular weight excluding hydrogens is 1190 g/mol. The number of hydrogen-bond acceptors (Lipinski definition) is 11. The lowest BCUT2D eigenvalue weighted by atomic mass is 9.73. The van der Waals surface area contributed by atoms with Gasteiger partial charge in [0.15, 0.2) is 11.4 Å². The van der Waals surface area contributed by atoms with Crippen molar-refractivity contribution < 1.29 is 65.2 Å². The van der Waals surface area contributed by atoms with Crippen LogP contribution in [0, 0.1) is 13.8 Å². The van der Waals surface area contributed by atoms with E-state index in [-0.39, 0.29) is 29.4 Å². The summed E-state index contributed by atoms with van der Waals surface area (Å²) in [7, 11) is 1.49. The van der Waals surface area contributed by atoms with Crippen molar-refractivity contribution in [2.75, 3.05) is 46.4 Å². The molecule has 0 atom stereocenters. The Bertz CT molecular complexity index is 3020. The minimum atomic E-state index is -4.68. The third-order valence-corrected chi connectivity index (χ3v) is 15.8. The Morgan fingerprint density at radius 1 is 0.634 bits per heavy atom. The van der Waals surface area contributed by atoms with Crippen LogP contribution < -0.4 is 21.5 Å². The first kappa shape index (κ1) is 67.3. The van der Waals surface area contributed by atoms with E-state index in [1.807, 2.05) is 36.4 Å². The number of carbonyl (C=O) groups excluding carboxylic acids is 2. The maximum Gasteiger partial charge on any atom is 0.436 e. The van der Waals surface area contributed by atoms with Crippen molar-refractivity contribution in [2.45, 2.75) is 121 Å². The van der Waals surface area contributed by atoms with Crippen LogP contribution >= 0.6 is 58.0 Å². The van der Waals surface area contributed by atoms with Gasteiger partial charge in [0.05, 0.1) is 39.0 Å². The number of alkyl halides is 6. The second kappa shape index (κ2) is 27.5. The second-order valence-electron chi connectivity index (χ2n) is 20.9. The molecule has 0 unspecified atom stereocenters. The highest BCUT2D eigenvalue weighted by Gasteiger charge is 2.45. The number of carboxylic acid groups (broad SMARTS) is 2. The van der Waals surface area contributed by atoms with Gasteiger partial charge >= 0.3 is 30.4 Å². The first-order valence-electron chi connectivity index (χ1n) is 25.5. The molecule has 17 nitrogen and oxygen atoms in total. The maximum atomic E-state index is 12.9. The molecule has 3 aliphatic heterocycles. The Balaban J connectivity index is 0.000000209. The van der Waals surface area contributed by atoms with Crippen molar-refractivity contribution in [1.82, 2.24) is 34.7 Å². The molecular formula is C54H64Cl5F6N9O8. The summed E-state index contributed by atoms with van der Waals surface area (Å²) >= 11 is 28.9. The summed E-state index contributed by atoms with van der Waals surface area (Å²) in [6.45, 7) is 10.5. The highest BCUT2D eigenvalue weighted by Crippen LogP contribution is 2.41. The number of nitrogens with two attached hydrogens (primary N) is 2. The van der Waals surface area contributed by atoms with E-state index in [2.05, 4.69) is 15.5 Å². The van der Waals surface area contributed by atoms with Crippen LogP contribution in [0.3, 0.4) is 0 Å². The van der Waals surface area contributed by atoms with Crippen LogP contribution in [-0.2, 0) is 61.1 Å². The molecule has 450 valence electrons. The number of aliphatic carboxylic acids is 2. The van der Waals surface area contributed by atoms with Crippen LogP contribution in [0.2, 0.25) is 25.1 Å². The molecule has 0 radical (unpaired) electrons. The van der Waals surface area contributed by atoms with Crippen LogP contribution in [-0.4, -0.2) is 115 Å². The van der Waals surface area contributed by atoms with Crippen molar-refractivity contribution in [2.24, 2.45) is 11.5 Å². The van der Waals surface area contributed by atoms with E-state index in [0.717, 1.165) is 41.2 Å². The zero-order chi connectivity index (χ0) is 61.3. The number of carbonyl (C=O) groups is 4. The summed E-state index contributed by atoms with van der Waals surface area (Å²) in [6.07, 6.45) is -6.10. The van der Waals surface area contributed by atoms with Gasteiger partial charge in [-0.2, -0.15) is 36.5 Å². The predicted octanol–water partition coefficient (Wildman–Crippen LogP) is 11.5. The Morgan fingerprint density at radius 2 is 1.05 bits per heavy atom. The van der Waals surface area contributed by atoms with Gasteiger partial charge in [0.25, 0.3) is 0 Å². The van der Waals surface area contributed by atoms with Gasteiger partial charge in [0.2, 0.25) is 5.91 Å². The summed E-state index contributed by atoms with van der Waals surface area (Å²) in [4.78, 5) is 50.3. The number of ether oxygens (including phenoxy) is 2. The quantitative estimate of drug-likeness (QED) is 0.0865. The van der Waals surface area contributed by atoms with Gasteiger partial charge < -0.3 is 46.3 Å². The molecule has 3 aliphatic rings. The Kier molecular flexibility index (Phi) is 22.5. The predicted molar refractivity (Wildman–Crippen MR) is 298 cm³/mol. The Labute approximate surface area is 495 Å². The highest BCUT2D eigenvalue weighted by molar-refractivity contribution is 6.33. The molecule has 5 heterocycles. The van der Waals surface area contributed by atoms with Gasteiger partial charge in [-0.1, -0.05) is 88.3 Å². The molecule has 3 saturated heterocycles. The number of rotatable bonds is 9. The number of benzene rings is 3. The van der Waals surface area contributed by atoms with E-state index < -0.39 is 74.9 Å². The standard InChI is InChI=1S/C18H19Cl2F3N4O.C18H24ClNO5.C11H15ClN2.C7H6ClF3N2O2/c1-11-15(20)16(18(21,22)23)25-27(11)10-14(28)26-8-6-17(24,7-9-26)12-2-4-13(19)5-3-12;1-17(2,3)25-16(23)20-9-7-18(8-10-20,15(21)22)12-5-6-13(19)14(11-12)24-4;12-10-3-1-9(2-4-10)11(13)5-7-14-8-6-11;1-3-5(8)6(7(9,10)11)12-13(3)2-4(14)15/h2-5H,6-10,24H2,1H3;5-6,11H,7-10H2,1-4H3,(H,21,22);1-4,14H,5-8,13H2;2H2,1H3,(H,14,15). The van der Waals surface area contributed by atoms with Gasteiger partial charge in [-0.05, 0) is 139 Å². The van der Waals surface area contributed by atoms with E-state index >= 15 is 0 Å². The molecule has 8 rings (SSSR count). The zero-order valence-corrected chi connectivity index (χ0v) is 49.4. The number of likely N-dealkylation sites (tertiary alicyclic amines) is 2. The molecule has 0 spiro atoms. The van der Waals surface area contributed by atoms with Gasteiger partial charge in [-0.25, -0.2) is 4.79 Å². The Morgan fingerprint density at radius 3 is 1.44 bits per heavy atom. The third kappa shape index (κ3) is 17.3. The van der Waals surface area contributed by atoms with Crippen molar-refractivity contribution in [3.63, 3.8) is 0 Å². The topological polar surface area (TPSA) is 233 Å². The summed E-state index contributed by atoms with van der Waals surface area (Å²) in [5, 5.41) is 28.9. The number of halogens is 11. The summed E-state index contributed by atoms with van der Waals surface area (Å²) in [5.74, 6) is -2.09. The first-order chi connectivity index (χ1) is 38.0. The van der Waals surface area contributed by atoms with E-state index in [9.17, 15) is 50.6 Å². The van der Waals surface area contributed by atoms with Gasteiger partial charge in [0, 0.05) is 47.3 Å². The van der Waals surface area contributed by atoms with Gasteiger partial charge in [-0.15, -0.1) is 0 Å². The molecule has 28 heteroatoms. The number of carboxylic acids is 2. The third-order valence-electron chi connectivity index (χ3n) is 14.1. The highest BCUT2D eigenvalue weighted by atomic mass is 35.5. The lowest BCUT2D eigenvalue weighted by Gasteiger charge is -2.39. The second-order valence-corrected chi connectivity index (χ2v) is 22.9. The number of hydrogen-bond donors (Lipinski definition) is 5. The molecule has 5 aromatic rings. The fraction of sp³-hybridized carbons (Fsp3) is 0.481. The molecule has 3 fully saturated rings. The fourth-order valence-corrected chi connectivity index (χ4v) is 10.2. The molecule has 3 aromatic carbocycles. The largest absolute Gasteiger partial charge is 0.495 e. The molecule has 0 saturated carbocycles. The summed E-state index contributed by atoms with van der Waals surface area (Å²) < 4.78 is 87.9. The first-order valence-corrected chi connectivity index (χ1v) is 27.4.